The summed E-state index contributed by atoms with van der Waals surface area (Å²) in [6.07, 6.45) is 0. The average molecular weight is 620 g/mol. The Morgan fingerprint density at radius 1 is 0.421 bits per heavy atom. The lowest BCUT2D eigenvalue weighted by atomic mass is 10.3. The Hall–Kier alpha value is 0.760. The fraction of sp³-hybridized carbons (Fsp3) is 1.00. The highest BCUT2D eigenvalue weighted by atomic mass is 31.3. The Balaban J connectivity index is 9.28. The zero-order valence-corrected chi connectivity index (χ0v) is 32.2. The smallest absolute Gasteiger partial charge is 0.252 e. The molecule has 16 heteroatoms. The lowest BCUT2D eigenvalue weighted by Crippen LogP contribution is -2.35. The predicted octanol–water partition coefficient (Wildman–Crippen LogP) is 5.44. The third kappa shape index (κ3) is 7.03. The van der Waals surface area contributed by atoms with Gasteiger partial charge in [-0.1, -0.05) is 20.8 Å². The van der Waals surface area contributed by atoms with E-state index in [2.05, 4.69) is 190 Å². The van der Waals surface area contributed by atoms with Gasteiger partial charge in [0.25, 0.3) is 0 Å². The van der Waals surface area contributed by atoms with Crippen LogP contribution in [0.25, 0.3) is 0 Å². The maximum absolute atomic E-state index is 6.04. The SMILES string of the molecule is CN(C)P(=NP(N=P(N(C)C)(N(C)C)N(C)C)(=N[P+](N(C)C)(N(C)C)N(C)C)C(C)(C)C)(N(C)C)N(C)C. The van der Waals surface area contributed by atoms with Gasteiger partial charge < -0.3 is 0 Å². The Morgan fingerprint density at radius 3 is 0.763 bits per heavy atom. The first kappa shape index (κ1) is 38.8. The van der Waals surface area contributed by atoms with Gasteiger partial charge in [0.05, 0.1) is 0 Å². The van der Waals surface area contributed by atoms with Gasteiger partial charge in [-0.3, -0.25) is 28.0 Å². The quantitative estimate of drug-likeness (QED) is 0.266. The van der Waals surface area contributed by atoms with Crippen LogP contribution in [-0.4, -0.2) is 174 Å². The number of nitrogens with zero attached hydrogens (tertiary/aromatic N) is 12. The Kier molecular flexibility index (Phi) is 14.1. The van der Waals surface area contributed by atoms with E-state index in [9.17, 15) is 0 Å². The van der Waals surface area contributed by atoms with E-state index in [0.717, 1.165) is 0 Å². The van der Waals surface area contributed by atoms with E-state index in [0.29, 0.717) is 0 Å². The number of rotatable bonds is 12. The molecule has 0 N–H and O–H groups in total. The van der Waals surface area contributed by atoms with Gasteiger partial charge in [0.15, 0.2) is 15.0 Å². The van der Waals surface area contributed by atoms with Crippen molar-refractivity contribution in [1.82, 2.24) is 42.0 Å². The van der Waals surface area contributed by atoms with Crippen LogP contribution in [0.2, 0.25) is 0 Å². The first-order valence-corrected chi connectivity index (χ1v) is 19.2. The zero-order valence-electron chi connectivity index (χ0n) is 28.7. The van der Waals surface area contributed by atoms with Crippen molar-refractivity contribution in [1.29, 1.82) is 0 Å². The molecule has 0 aromatic carbocycles. The van der Waals surface area contributed by atoms with Crippen LogP contribution in [0, 0.1) is 0 Å². The minimum absolute atomic E-state index is 0.346. The molecule has 0 rings (SSSR count). The second-order valence-corrected chi connectivity index (χ2v) is 27.3. The van der Waals surface area contributed by atoms with Crippen molar-refractivity contribution in [3.8, 4) is 0 Å². The second-order valence-electron chi connectivity index (χ2n) is 12.2. The van der Waals surface area contributed by atoms with Gasteiger partial charge in [-0.2, -0.15) is 9.03 Å². The lowest BCUT2D eigenvalue weighted by Gasteiger charge is -2.47. The van der Waals surface area contributed by atoms with Crippen LogP contribution in [0.1, 0.15) is 20.8 Å². The summed E-state index contributed by atoms with van der Waals surface area (Å²) in [7, 11) is 28.4. The summed E-state index contributed by atoms with van der Waals surface area (Å²) >= 11 is 0. The van der Waals surface area contributed by atoms with Gasteiger partial charge in [-0.15, -0.1) is 14.0 Å². The predicted molar refractivity (Wildman–Crippen MR) is 178 cm³/mol. The highest BCUT2D eigenvalue weighted by molar-refractivity contribution is 7.83. The Bertz CT molecular complexity index is 804. The molecule has 0 saturated carbocycles. The van der Waals surface area contributed by atoms with Gasteiger partial charge in [0.2, 0.25) is 7.36 Å². The molecule has 0 fully saturated rings. The van der Waals surface area contributed by atoms with E-state index in [1.54, 1.807) is 0 Å². The van der Waals surface area contributed by atoms with E-state index >= 15 is 0 Å². The van der Waals surface area contributed by atoms with Gasteiger partial charge in [-0.05, 0) is 89.1 Å². The molecule has 0 saturated heterocycles. The molecule has 12 nitrogen and oxygen atoms in total. The van der Waals surface area contributed by atoms with Crippen LogP contribution in [0.4, 0.5) is 0 Å². The summed E-state index contributed by atoms with van der Waals surface area (Å²) < 4.78 is 38.6. The molecule has 0 spiro atoms. The van der Waals surface area contributed by atoms with Gasteiger partial charge in [-0.25, -0.2) is 0 Å². The molecular weight excluding hydrogens is 556 g/mol. The van der Waals surface area contributed by atoms with Crippen LogP contribution in [0.3, 0.4) is 0 Å². The van der Waals surface area contributed by atoms with Gasteiger partial charge >= 0.3 is 7.87 Å². The Labute approximate surface area is 238 Å². The molecule has 0 aliphatic carbocycles. The fourth-order valence-corrected chi connectivity index (χ4v) is 25.7. The van der Waals surface area contributed by atoms with Crippen LogP contribution < -0.4 is 0 Å². The summed E-state index contributed by atoms with van der Waals surface area (Å²) in [4.78, 5) is 0. The third-order valence-electron chi connectivity index (χ3n) is 6.46. The monoisotopic (exact) mass is 619 g/mol. The molecule has 0 aromatic heterocycles. The zero-order chi connectivity index (χ0) is 30.8. The molecular formula is C22H63N12P4+. The van der Waals surface area contributed by atoms with E-state index in [1.165, 1.54) is 0 Å². The average Bonchev–Trinajstić information content (AvgIpc) is 2.69. The maximum atomic E-state index is 6.04. The summed E-state index contributed by atoms with van der Waals surface area (Å²) in [5.74, 6) is 0. The number of hydrogen-bond donors (Lipinski definition) is 0. The number of hydrogen-bond acceptors (Lipinski definition) is 4. The van der Waals surface area contributed by atoms with E-state index in [1.807, 2.05) is 0 Å². The molecule has 38 heavy (non-hydrogen) atoms. The van der Waals surface area contributed by atoms with Crippen molar-refractivity contribution in [2.45, 2.75) is 25.9 Å². The first-order valence-electron chi connectivity index (χ1n) is 12.8. The van der Waals surface area contributed by atoms with Crippen LogP contribution in [-0.2, 0) is 0 Å². The van der Waals surface area contributed by atoms with Crippen molar-refractivity contribution >= 4 is 30.2 Å². The van der Waals surface area contributed by atoms with Crippen LogP contribution in [0.15, 0.2) is 13.5 Å². The molecule has 0 amide bonds. The summed E-state index contributed by atoms with van der Waals surface area (Å²) in [6.45, 7) is 6.83. The minimum Gasteiger partial charge on any atom is -0.252 e. The van der Waals surface area contributed by atoms with Gasteiger partial charge in [0, 0.05) is 47.4 Å². The van der Waals surface area contributed by atoms with Gasteiger partial charge in [0.1, 0.15) is 0 Å². The van der Waals surface area contributed by atoms with Crippen molar-refractivity contribution in [2.24, 2.45) is 13.5 Å². The molecule has 0 bridgehead atoms. The largest absolute Gasteiger partial charge is 0.355 e. The Morgan fingerprint density at radius 2 is 0.632 bits per heavy atom. The summed E-state index contributed by atoms with van der Waals surface area (Å²) in [6, 6.07) is 0. The van der Waals surface area contributed by atoms with Crippen LogP contribution in [0.5, 0.6) is 0 Å². The van der Waals surface area contributed by atoms with Crippen molar-refractivity contribution in [3.63, 3.8) is 0 Å². The highest BCUT2D eigenvalue weighted by Gasteiger charge is 2.55. The van der Waals surface area contributed by atoms with E-state index in [-0.39, 0.29) is 5.16 Å². The van der Waals surface area contributed by atoms with Crippen molar-refractivity contribution < 1.29 is 0 Å². The molecule has 0 atom stereocenters. The van der Waals surface area contributed by atoms with Crippen molar-refractivity contribution in [2.75, 3.05) is 127 Å². The van der Waals surface area contributed by atoms with Crippen LogP contribution >= 0.6 is 30.2 Å². The molecule has 0 aliphatic heterocycles. The second kappa shape index (κ2) is 13.8. The molecule has 0 aliphatic rings. The molecule has 0 unspecified atom stereocenters. The third-order valence-corrected chi connectivity index (χ3v) is 23.8. The lowest BCUT2D eigenvalue weighted by molar-refractivity contribution is 0.460. The standard InChI is InChI=1S/C22H63N12P4/c1-22(2,3)35(23-36(26(4)5,27(6)7)28(8)9,24-37(29(10)11,30(12)13)31(14)15)25-38(32(16)17,33(18)19)34(20)21/h1-21H3/q+1. The minimum atomic E-state index is -2.88. The van der Waals surface area contributed by atoms with E-state index in [4.69, 9.17) is 13.5 Å². The highest BCUT2D eigenvalue weighted by Crippen LogP contribution is 2.83. The molecule has 0 radical (unpaired) electrons. The summed E-state index contributed by atoms with van der Waals surface area (Å²) in [5, 5.41) is -0.346. The van der Waals surface area contributed by atoms with Crippen molar-refractivity contribution in [3.05, 3.63) is 0 Å². The first-order chi connectivity index (χ1) is 16.9. The fourth-order valence-electron chi connectivity index (χ4n) is 4.90. The summed E-state index contributed by atoms with van der Waals surface area (Å²) in [5.41, 5.74) is 0. The molecule has 0 heterocycles. The van der Waals surface area contributed by atoms with E-state index < -0.39 is 30.2 Å². The normalized spacial score (nSPS) is 15.0. The molecule has 0 aromatic rings. The maximum Gasteiger partial charge on any atom is 0.355 e. The molecule has 230 valence electrons. The topological polar surface area (TPSA) is 66.2 Å².